The van der Waals surface area contributed by atoms with Crippen LogP contribution in [-0.2, 0) is 16.0 Å². The molecule has 5 nitrogen and oxygen atoms in total. The molecule has 116 valence electrons. The number of amides is 1. The number of carbonyl (C=O) groups excluding carboxylic acids is 1. The van der Waals surface area contributed by atoms with Crippen molar-refractivity contribution in [3.8, 4) is 0 Å². The molecule has 1 aliphatic rings. The Morgan fingerprint density at radius 3 is 2.48 bits per heavy atom. The molecule has 1 aromatic heterocycles. The third-order valence-corrected chi connectivity index (χ3v) is 5.13. The van der Waals surface area contributed by atoms with Crippen molar-refractivity contribution in [2.24, 2.45) is 0 Å². The van der Waals surface area contributed by atoms with Gasteiger partial charge in [-0.3, -0.25) is 9.78 Å². The largest absolute Gasteiger partial charge is 0.433 e. The lowest BCUT2D eigenvalue weighted by atomic mass is 10.2. The highest BCUT2D eigenvalue weighted by atomic mass is 32.2. The SMILES string of the molecule is CN(C(=O)c1ccc(C(F)(F)F)nc1)[C@@H]1CCS(=O)(=O)C1. The Hall–Kier alpha value is -1.64. The Kier molecular flexibility index (Phi) is 3.96. The fourth-order valence-corrected chi connectivity index (χ4v) is 3.91. The Morgan fingerprint density at radius 1 is 1.38 bits per heavy atom. The van der Waals surface area contributed by atoms with E-state index < -0.39 is 33.7 Å². The summed E-state index contributed by atoms with van der Waals surface area (Å²) in [5.74, 6) is -0.651. The van der Waals surface area contributed by atoms with Crippen molar-refractivity contribution >= 4 is 15.7 Å². The molecule has 0 unspecified atom stereocenters. The van der Waals surface area contributed by atoms with E-state index in [1.807, 2.05) is 0 Å². The smallest absolute Gasteiger partial charge is 0.338 e. The van der Waals surface area contributed by atoms with Gasteiger partial charge in [0.2, 0.25) is 0 Å². The van der Waals surface area contributed by atoms with Crippen molar-refractivity contribution in [3.05, 3.63) is 29.6 Å². The minimum Gasteiger partial charge on any atom is -0.338 e. The van der Waals surface area contributed by atoms with Crippen molar-refractivity contribution in [1.29, 1.82) is 0 Å². The van der Waals surface area contributed by atoms with Gasteiger partial charge in [0.05, 0.1) is 17.1 Å². The molecule has 1 aromatic rings. The molecule has 1 aliphatic heterocycles. The second-order valence-electron chi connectivity index (χ2n) is 4.90. The number of sulfone groups is 1. The number of hydrogen-bond donors (Lipinski definition) is 0. The summed E-state index contributed by atoms with van der Waals surface area (Å²) in [4.78, 5) is 16.6. The summed E-state index contributed by atoms with van der Waals surface area (Å²) in [6.45, 7) is 0. The molecule has 0 aromatic carbocycles. The summed E-state index contributed by atoms with van der Waals surface area (Å²) < 4.78 is 59.9. The molecule has 0 bridgehead atoms. The minimum atomic E-state index is -4.56. The number of rotatable bonds is 2. The molecular weight excluding hydrogens is 309 g/mol. The van der Waals surface area contributed by atoms with E-state index in [-0.39, 0.29) is 17.1 Å². The fourth-order valence-electron chi connectivity index (χ4n) is 2.14. The number of alkyl halides is 3. The highest BCUT2D eigenvalue weighted by Crippen LogP contribution is 2.27. The molecule has 0 saturated carbocycles. The fraction of sp³-hybridized carbons (Fsp3) is 0.500. The molecule has 2 rings (SSSR count). The first kappa shape index (κ1) is 15.7. The maximum absolute atomic E-state index is 12.4. The lowest BCUT2D eigenvalue weighted by molar-refractivity contribution is -0.141. The van der Waals surface area contributed by atoms with E-state index in [1.54, 1.807) is 0 Å². The molecule has 1 saturated heterocycles. The number of pyridine rings is 1. The van der Waals surface area contributed by atoms with Gasteiger partial charge in [-0.25, -0.2) is 8.42 Å². The van der Waals surface area contributed by atoms with Gasteiger partial charge in [0.1, 0.15) is 5.69 Å². The molecule has 0 N–H and O–H groups in total. The van der Waals surface area contributed by atoms with Crippen molar-refractivity contribution in [2.75, 3.05) is 18.6 Å². The average molecular weight is 322 g/mol. The van der Waals surface area contributed by atoms with E-state index in [0.717, 1.165) is 18.3 Å². The van der Waals surface area contributed by atoms with Crippen molar-refractivity contribution < 1.29 is 26.4 Å². The van der Waals surface area contributed by atoms with Gasteiger partial charge in [0.25, 0.3) is 5.91 Å². The second kappa shape index (κ2) is 5.28. The Labute approximate surface area is 119 Å². The van der Waals surface area contributed by atoms with Crippen LogP contribution in [0.5, 0.6) is 0 Å². The predicted octanol–water partition coefficient (Wildman–Crippen LogP) is 1.36. The molecule has 21 heavy (non-hydrogen) atoms. The number of carbonyl (C=O) groups is 1. The first-order valence-electron chi connectivity index (χ1n) is 6.11. The van der Waals surface area contributed by atoms with Crippen LogP contribution in [0.15, 0.2) is 18.3 Å². The lowest BCUT2D eigenvalue weighted by Gasteiger charge is -2.23. The molecule has 2 heterocycles. The molecule has 0 aliphatic carbocycles. The van der Waals surface area contributed by atoms with Gasteiger partial charge in [0, 0.05) is 19.3 Å². The normalized spacial score (nSPS) is 21.2. The number of hydrogen-bond acceptors (Lipinski definition) is 4. The predicted molar refractivity (Wildman–Crippen MR) is 68.4 cm³/mol. The standard InChI is InChI=1S/C12H13F3N2O3S/c1-17(9-4-5-21(19,20)7-9)11(18)8-2-3-10(16-6-8)12(13,14)15/h2-3,6,9H,4-5,7H2,1H3/t9-/m1/s1. The molecule has 0 radical (unpaired) electrons. The molecule has 9 heteroatoms. The Balaban J connectivity index is 2.13. The monoisotopic (exact) mass is 322 g/mol. The van der Waals surface area contributed by atoms with Gasteiger partial charge < -0.3 is 4.90 Å². The quantitative estimate of drug-likeness (QED) is 0.824. The molecule has 1 fully saturated rings. The minimum absolute atomic E-state index is 0.00482. The van der Waals surface area contributed by atoms with Crippen LogP contribution in [0.1, 0.15) is 22.5 Å². The maximum Gasteiger partial charge on any atom is 0.433 e. The molecule has 1 atom stereocenters. The van der Waals surface area contributed by atoms with Crippen LogP contribution in [0.2, 0.25) is 0 Å². The van der Waals surface area contributed by atoms with Crippen molar-refractivity contribution in [1.82, 2.24) is 9.88 Å². The summed E-state index contributed by atoms with van der Waals surface area (Å²) >= 11 is 0. The van der Waals surface area contributed by atoms with Gasteiger partial charge in [-0.05, 0) is 18.6 Å². The van der Waals surface area contributed by atoms with Crippen LogP contribution in [0, 0.1) is 0 Å². The van der Waals surface area contributed by atoms with Gasteiger partial charge in [-0.2, -0.15) is 13.2 Å². The number of nitrogens with zero attached hydrogens (tertiary/aromatic N) is 2. The summed E-state index contributed by atoms with van der Waals surface area (Å²) in [6, 6.07) is 1.31. The topological polar surface area (TPSA) is 67.3 Å². The van der Waals surface area contributed by atoms with Crippen molar-refractivity contribution in [3.63, 3.8) is 0 Å². The Bertz CT molecular complexity index is 641. The molecule has 1 amide bonds. The van der Waals surface area contributed by atoms with Crippen LogP contribution in [0.25, 0.3) is 0 Å². The van der Waals surface area contributed by atoms with Crippen LogP contribution < -0.4 is 0 Å². The van der Waals surface area contributed by atoms with E-state index in [4.69, 9.17) is 0 Å². The van der Waals surface area contributed by atoms with Gasteiger partial charge in [0.15, 0.2) is 9.84 Å². The summed E-state index contributed by atoms with van der Waals surface area (Å²) in [7, 11) is -1.70. The first-order valence-corrected chi connectivity index (χ1v) is 7.93. The number of halogens is 3. The summed E-state index contributed by atoms with van der Waals surface area (Å²) in [5, 5.41) is 0. The summed E-state index contributed by atoms with van der Waals surface area (Å²) in [6.07, 6.45) is -3.38. The first-order chi connectivity index (χ1) is 9.60. The van der Waals surface area contributed by atoms with Crippen LogP contribution >= 0.6 is 0 Å². The second-order valence-corrected chi connectivity index (χ2v) is 7.13. The zero-order valence-electron chi connectivity index (χ0n) is 11.1. The van der Waals surface area contributed by atoms with Gasteiger partial charge in [-0.15, -0.1) is 0 Å². The zero-order chi connectivity index (χ0) is 15.8. The van der Waals surface area contributed by atoms with E-state index in [0.29, 0.717) is 6.42 Å². The maximum atomic E-state index is 12.4. The van der Waals surface area contributed by atoms with E-state index >= 15 is 0 Å². The van der Waals surface area contributed by atoms with Gasteiger partial charge in [-0.1, -0.05) is 0 Å². The van der Waals surface area contributed by atoms with E-state index in [9.17, 15) is 26.4 Å². The van der Waals surface area contributed by atoms with Gasteiger partial charge >= 0.3 is 6.18 Å². The number of aromatic nitrogens is 1. The lowest BCUT2D eigenvalue weighted by Crippen LogP contribution is -2.37. The van der Waals surface area contributed by atoms with E-state index in [1.165, 1.54) is 11.9 Å². The molecule has 0 spiro atoms. The Morgan fingerprint density at radius 2 is 2.05 bits per heavy atom. The zero-order valence-corrected chi connectivity index (χ0v) is 11.9. The van der Waals surface area contributed by atoms with E-state index in [2.05, 4.69) is 4.98 Å². The molecular formula is C12H13F3N2O3S. The third-order valence-electron chi connectivity index (χ3n) is 3.38. The average Bonchev–Trinajstić information content (AvgIpc) is 2.76. The van der Waals surface area contributed by atoms with Crippen LogP contribution in [-0.4, -0.2) is 48.8 Å². The van der Waals surface area contributed by atoms with Crippen molar-refractivity contribution in [2.45, 2.75) is 18.6 Å². The van der Waals surface area contributed by atoms with Crippen LogP contribution in [0.3, 0.4) is 0 Å². The highest BCUT2D eigenvalue weighted by molar-refractivity contribution is 7.91. The van der Waals surface area contributed by atoms with Crippen LogP contribution in [0.4, 0.5) is 13.2 Å². The third kappa shape index (κ3) is 3.52. The highest BCUT2D eigenvalue weighted by Gasteiger charge is 2.34. The summed E-state index contributed by atoms with van der Waals surface area (Å²) in [5.41, 5.74) is -1.08.